The van der Waals surface area contributed by atoms with Gasteiger partial charge in [0.25, 0.3) is 0 Å². The van der Waals surface area contributed by atoms with Gasteiger partial charge >= 0.3 is 11.9 Å². The van der Waals surface area contributed by atoms with E-state index in [4.69, 9.17) is 9.47 Å². The van der Waals surface area contributed by atoms with Crippen LogP contribution in [0.15, 0.2) is 12.2 Å². The largest absolute Gasteiger partial charge is 0.462 e. The second-order valence-electron chi connectivity index (χ2n) is 10.4. The number of unbranched alkanes of at least 4 members (excludes halogenated alkanes) is 4. The molecule has 0 aromatic heterocycles. The molecule has 0 rings (SSSR count). The Morgan fingerprint density at radius 2 is 1.46 bits per heavy atom. The maximum Gasteiger partial charge on any atom is 0.306 e. The molecular formula is C30H59NO4. The molecule has 5 nitrogen and oxygen atoms in total. The van der Waals surface area contributed by atoms with E-state index in [0.29, 0.717) is 18.8 Å². The van der Waals surface area contributed by atoms with Crippen LogP contribution >= 0.6 is 0 Å². The van der Waals surface area contributed by atoms with Crippen molar-refractivity contribution < 1.29 is 19.1 Å². The molecule has 0 saturated carbocycles. The number of carbonyl (C=O) groups is 2. The third-order valence-electron chi connectivity index (χ3n) is 6.41. The van der Waals surface area contributed by atoms with Crippen LogP contribution in [0.1, 0.15) is 125 Å². The fourth-order valence-electron chi connectivity index (χ4n) is 4.16. The summed E-state index contributed by atoms with van der Waals surface area (Å²) in [7, 11) is 4.02. The van der Waals surface area contributed by atoms with Crippen LogP contribution in [-0.4, -0.2) is 50.2 Å². The highest BCUT2D eigenvalue weighted by molar-refractivity contribution is 5.69. The lowest BCUT2D eigenvalue weighted by Crippen LogP contribution is -2.20. The minimum atomic E-state index is -0.284. The minimum Gasteiger partial charge on any atom is -0.462 e. The van der Waals surface area contributed by atoms with Gasteiger partial charge in [0.1, 0.15) is 12.7 Å². The van der Waals surface area contributed by atoms with Crippen LogP contribution in [0, 0.1) is 11.8 Å². The Bertz CT molecular complexity index is 532. The summed E-state index contributed by atoms with van der Waals surface area (Å²) < 4.78 is 10.8. The molecule has 0 aliphatic heterocycles. The van der Waals surface area contributed by atoms with Gasteiger partial charge < -0.3 is 14.4 Å². The van der Waals surface area contributed by atoms with Crippen molar-refractivity contribution in [1.82, 2.24) is 4.90 Å². The van der Waals surface area contributed by atoms with E-state index in [-0.39, 0.29) is 32.1 Å². The van der Waals surface area contributed by atoms with Gasteiger partial charge in [-0.05, 0) is 51.7 Å². The monoisotopic (exact) mass is 497 g/mol. The summed E-state index contributed by atoms with van der Waals surface area (Å²) in [4.78, 5) is 25.3. The van der Waals surface area contributed by atoms with Crippen LogP contribution in [0.3, 0.4) is 0 Å². The molecule has 0 saturated heterocycles. The van der Waals surface area contributed by atoms with Crippen LogP contribution in [0.5, 0.6) is 0 Å². The van der Waals surface area contributed by atoms with Gasteiger partial charge in [-0.3, -0.25) is 9.59 Å². The first kappa shape index (κ1) is 35.8. The molecular weight excluding hydrogens is 438 g/mol. The highest BCUT2D eigenvalue weighted by Gasteiger charge is 2.15. The zero-order valence-electron chi connectivity index (χ0n) is 23.3. The SMILES string of the molecule is C.CCCCCCCC(C)CCCC(C)CCC(C/C=C/COC(C)=O)OC(=O)CCCN(C)C. The zero-order valence-corrected chi connectivity index (χ0v) is 23.3. The number of hydrogen-bond acceptors (Lipinski definition) is 5. The molecule has 0 bridgehead atoms. The number of esters is 2. The normalized spacial score (nSPS) is 13.9. The standard InChI is InChI=1S/C29H55NO4.CH4/c1-7-8-9-10-11-16-25(2)17-14-18-26(3)21-22-28(19-12-13-24-33-27(4)31)34-29(32)20-15-23-30(5)6;/h12-13,25-26,28H,7-11,14-24H2,1-6H3;1H4/b13-12+;. The van der Waals surface area contributed by atoms with Crippen molar-refractivity contribution in [2.75, 3.05) is 27.2 Å². The first-order chi connectivity index (χ1) is 16.2. The molecule has 0 aromatic carbocycles. The Morgan fingerprint density at radius 3 is 2.09 bits per heavy atom. The van der Waals surface area contributed by atoms with Crippen molar-refractivity contribution in [3.05, 3.63) is 12.2 Å². The van der Waals surface area contributed by atoms with Gasteiger partial charge in [0.2, 0.25) is 0 Å². The molecule has 5 heteroatoms. The zero-order chi connectivity index (χ0) is 25.6. The van der Waals surface area contributed by atoms with Crippen LogP contribution in [0.4, 0.5) is 0 Å². The van der Waals surface area contributed by atoms with Gasteiger partial charge in [-0.2, -0.15) is 0 Å². The maximum atomic E-state index is 12.3. The highest BCUT2D eigenvalue weighted by Crippen LogP contribution is 2.22. The van der Waals surface area contributed by atoms with Gasteiger partial charge in [-0.1, -0.05) is 98.1 Å². The van der Waals surface area contributed by atoms with Gasteiger partial charge in [-0.25, -0.2) is 0 Å². The van der Waals surface area contributed by atoms with E-state index >= 15 is 0 Å². The van der Waals surface area contributed by atoms with E-state index in [1.807, 2.05) is 26.2 Å². The summed E-state index contributed by atoms with van der Waals surface area (Å²) in [6, 6.07) is 0. The molecule has 208 valence electrons. The van der Waals surface area contributed by atoms with Crippen molar-refractivity contribution in [3.63, 3.8) is 0 Å². The lowest BCUT2D eigenvalue weighted by atomic mass is 9.92. The van der Waals surface area contributed by atoms with E-state index in [0.717, 1.165) is 31.7 Å². The average molecular weight is 498 g/mol. The van der Waals surface area contributed by atoms with Gasteiger partial charge in [0, 0.05) is 19.8 Å². The van der Waals surface area contributed by atoms with Crippen LogP contribution < -0.4 is 0 Å². The molecule has 0 aromatic rings. The molecule has 0 N–H and O–H groups in total. The van der Waals surface area contributed by atoms with E-state index < -0.39 is 0 Å². The predicted octanol–water partition coefficient (Wildman–Crippen LogP) is 7.97. The summed E-state index contributed by atoms with van der Waals surface area (Å²) >= 11 is 0. The molecule has 0 radical (unpaired) electrons. The van der Waals surface area contributed by atoms with Crippen molar-refractivity contribution >= 4 is 11.9 Å². The Morgan fingerprint density at radius 1 is 0.829 bits per heavy atom. The molecule has 0 spiro atoms. The van der Waals surface area contributed by atoms with Gasteiger partial charge in [-0.15, -0.1) is 0 Å². The van der Waals surface area contributed by atoms with Crippen LogP contribution in [-0.2, 0) is 19.1 Å². The smallest absolute Gasteiger partial charge is 0.306 e. The van der Waals surface area contributed by atoms with Crippen LogP contribution in [0.2, 0.25) is 0 Å². The Hall–Kier alpha value is -1.36. The summed E-state index contributed by atoms with van der Waals surface area (Å²) in [5, 5.41) is 0. The lowest BCUT2D eigenvalue weighted by molar-refractivity contribution is -0.149. The van der Waals surface area contributed by atoms with E-state index in [2.05, 4.69) is 25.7 Å². The number of carbonyl (C=O) groups excluding carboxylic acids is 2. The topological polar surface area (TPSA) is 55.8 Å². The number of rotatable bonds is 22. The molecule has 0 fully saturated rings. The van der Waals surface area contributed by atoms with Crippen molar-refractivity contribution in [1.29, 1.82) is 0 Å². The van der Waals surface area contributed by atoms with E-state index in [9.17, 15) is 9.59 Å². The number of nitrogens with zero attached hydrogens (tertiary/aromatic N) is 1. The second-order valence-corrected chi connectivity index (χ2v) is 10.4. The number of ether oxygens (including phenoxy) is 2. The molecule has 3 atom stereocenters. The summed E-state index contributed by atoms with van der Waals surface area (Å²) in [5.74, 6) is 1.07. The third kappa shape index (κ3) is 25.5. The number of hydrogen-bond donors (Lipinski definition) is 0. The molecule has 3 unspecified atom stereocenters. The first-order valence-corrected chi connectivity index (χ1v) is 13.9. The third-order valence-corrected chi connectivity index (χ3v) is 6.41. The van der Waals surface area contributed by atoms with Crippen molar-refractivity contribution in [3.8, 4) is 0 Å². The van der Waals surface area contributed by atoms with Gasteiger partial charge in [0.15, 0.2) is 0 Å². The quantitative estimate of drug-likeness (QED) is 0.0862. The van der Waals surface area contributed by atoms with Crippen molar-refractivity contribution in [2.45, 2.75) is 131 Å². The fraction of sp³-hybridized carbons (Fsp3) is 0.867. The van der Waals surface area contributed by atoms with Gasteiger partial charge in [0.05, 0.1) is 0 Å². The summed E-state index contributed by atoms with van der Waals surface area (Å²) in [5.41, 5.74) is 0. The summed E-state index contributed by atoms with van der Waals surface area (Å²) in [6.45, 7) is 9.55. The fourth-order valence-corrected chi connectivity index (χ4v) is 4.16. The Balaban J connectivity index is 0. The lowest BCUT2D eigenvalue weighted by Gasteiger charge is -2.20. The Labute approximate surface area is 218 Å². The minimum absolute atomic E-state index is 0. The van der Waals surface area contributed by atoms with Crippen molar-refractivity contribution in [2.24, 2.45) is 11.8 Å². The second kappa shape index (κ2) is 24.3. The molecule has 35 heavy (non-hydrogen) atoms. The Kier molecular flexibility index (Phi) is 24.9. The van der Waals surface area contributed by atoms with E-state index in [1.165, 1.54) is 64.7 Å². The molecule has 0 amide bonds. The molecule has 0 aliphatic rings. The van der Waals surface area contributed by atoms with E-state index in [1.54, 1.807) is 0 Å². The molecule has 0 aliphatic carbocycles. The predicted molar refractivity (Wildman–Crippen MR) is 150 cm³/mol. The molecule has 0 heterocycles. The highest BCUT2D eigenvalue weighted by atomic mass is 16.5. The van der Waals surface area contributed by atoms with Crippen LogP contribution in [0.25, 0.3) is 0 Å². The summed E-state index contributed by atoms with van der Waals surface area (Å²) in [6.07, 6.45) is 19.6. The average Bonchev–Trinajstić information content (AvgIpc) is 2.76. The maximum absolute atomic E-state index is 12.3. The first-order valence-electron chi connectivity index (χ1n) is 13.9.